The fourth-order valence-electron chi connectivity index (χ4n) is 2.34. The molecule has 0 aromatic carbocycles. The highest BCUT2D eigenvalue weighted by molar-refractivity contribution is 7.18. The number of carbonyl (C=O) groups is 1. The van der Waals surface area contributed by atoms with Gasteiger partial charge in [-0.15, -0.1) is 11.3 Å². The maximum Gasteiger partial charge on any atom is 0.263 e. The number of rotatable bonds is 4. The molecule has 2 heterocycles. The van der Waals surface area contributed by atoms with E-state index in [2.05, 4.69) is 24.1 Å². The summed E-state index contributed by atoms with van der Waals surface area (Å²) in [5.41, 5.74) is 6.92. The first-order valence-electron chi connectivity index (χ1n) is 6.85. The average Bonchev–Trinajstić information content (AvgIpc) is 2.89. The molecule has 1 aliphatic rings. The van der Waals surface area contributed by atoms with E-state index in [1.807, 2.05) is 13.0 Å². The van der Waals surface area contributed by atoms with Crippen molar-refractivity contribution >= 4 is 27.9 Å². The monoisotopic (exact) mass is 281 g/mol. The Labute approximate surface area is 119 Å². The van der Waals surface area contributed by atoms with Gasteiger partial charge in [0.1, 0.15) is 4.88 Å². The van der Waals surface area contributed by atoms with Gasteiger partial charge in [0.05, 0.1) is 10.7 Å². The lowest BCUT2D eigenvalue weighted by Crippen LogP contribution is -2.23. The van der Waals surface area contributed by atoms with Crippen LogP contribution >= 0.6 is 11.3 Å². The maximum atomic E-state index is 12.0. The largest absolute Gasteiger partial charge is 0.397 e. The predicted molar refractivity (Wildman–Crippen MR) is 82.0 cm³/mol. The van der Waals surface area contributed by atoms with Gasteiger partial charge in [0.15, 0.2) is 0 Å². The highest BCUT2D eigenvalue weighted by Crippen LogP contribution is 2.38. The first-order valence-corrected chi connectivity index (χ1v) is 7.67. The molecule has 0 radical (unpaired) electrons. The minimum Gasteiger partial charge on any atom is -0.397 e. The number of nitrogen functional groups attached to an aromatic ring is 1. The van der Waals surface area contributed by atoms with E-state index in [1.165, 1.54) is 17.8 Å². The summed E-state index contributed by atoms with van der Waals surface area (Å²) >= 11 is 1.50. The van der Waals surface area contributed by atoms with E-state index in [0.29, 0.717) is 22.5 Å². The number of hydrogen-bond acceptors (Lipinski definition) is 4. The van der Waals surface area contributed by atoms with Crippen molar-refractivity contribution in [3.63, 3.8) is 0 Å². The highest BCUT2D eigenvalue weighted by Gasteiger charge is 2.30. The Morgan fingerprint density at radius 1 is 1.58 bits per heavy atom. The SMILES string of the molecule is CCCNC(=O)c1sc(N2CCC(C)(C)C2)cc1N. The van der Waals surface area contributed by atoms with Gasteiger partial charge in [0.2, 0.25) is 0 Å². The number of hydrogen-bond donors (Lipinski definition) is 2. The third kappa shape index (κ3) is 3.21. The Morgan fingerprint density at radius 3 is 2.89 bits per heavy atom. The number of nitrogens with two attached hydrogens (primary N) is 1. The van der Waals surface area contributed by atoms with E-state index in [9.17, 15) is 4.79 Å². The number of carbonyl (C=O) groups excluding carboxylic acids is 1. The van der Waals surface area contributed by atoms with Crippen molar-refractivity contribution in [2.45, 2.75) is 33.6 Å². The van der Waals surface area contributed by atoms with Gasteiger partial charge >= 0.3 is 0 Å². The zero-order chi connectivity index (χ0) is 14.0. The van der Waals surface area contributed by atoms with Crippen molar-refractivity contribution in [1.82, 2.24) is 5.32 Å². The van der Waals surface area contributed by atoms with Crippen molar-refractivity contribution in [3.05, 3.63) is 10.9 Å². The Hall–Kier alpha value is -1.23. The molecule has 19 heavy (non-hydrogen) atoms. The van der Waals surface area contributed by atoms with Crippen molar-refractivity contribution in [2.24, 2.45) is 5.41 Å². The molecule has 0 atom stereocenters. The second-order valence-corrected chi connectivity index (χ2v) is 6.99. The molecule has 106 valence electrons. The molecular weight excluding hydrogens is 258 g/mol. The topological polar surface area (TPSA) is 58.4 Å². The molecule has 2 rings (SSSR count). The number of nitrogens with one attached hydrogen (secondary N) is 1. The molecule has 1 aliphatic heterocycles. The number of anilines is 2. The summed E-state index contributed by atoms with van der Waals surface area (Å²) in [7, 11) is 0. The van der Waals surface area contributed by atoms with Crippen LogP contribution in [0, 0.1) is 5.41 Å². The molecule has 0 spiro atoms. The zero-order valence-corrected chi connectivity index (χ0v) is 12.8. The van der Waals surface area contributed by atoms with Crippen LogP contribution in [0.15, 0.2) is 6.07 Å². The molecule has 0 aliphatic carbocycles. The van der Waals surface area contributed by atoms with E-state index >= 15 is 0 Å². The van der Waals surface area contributed by atoms with Gasteiger partial charge in [-0.3, -0.25) is 4.79 Å². The van der Waals surface area contributed by atoms with Crippen molar-refractivity contribution in [2.75, 3.05) is 30.3 Å². The van der Waals surface area contributed by atoms with Gasteiger partial charge in [-0.1, -0.05) is 20.8 Å². The maximum absolute atomic E-state index is 12.0. The van der Waals surface area contributed by atoms with Crippen molar-refractivity contribution < 1.29 is 4.79 Å². The average molecular weight is 281 g/mol. The fraction of sp³-hybridized carbons (Fsp3) is 0.643. The molecule has 0 bridgehead atoms. The van der Waals surface area contributed by atoms with E-state index in [0.717, 1.165) is 24.5 Å². The molecule has 1 fully saturated rings. The molecule has 1 aromatic rings. The Kier molecular flexibility index (Phi) is 4.04. The molecule has 4 nitrogen and oxygen atoms in total. The molecule has 1 amide bonds. The van der Waals surface area contributed by atoms with Crippen LogP contribution in [0.5, 0.6) is 0 Å². The Bertz CT molecular complexity index is 467. The number of nitrogens with zero attached hydrogens (tertiary/aromatic N) is 1. The van der Waals surface area contributed by atoms with Crippen LogP contribution in [0.25, 0.3) is 0 Å². The lowest BCUT2D eigenvalue weighted by Gasteiger charge is -2.19. The molecule has 1 saturated heterocycles. The quantitative estimate of drug-likeness (QED) is 0.892. The lowest BCUT2D eigenvalue weighted by molar-refractivity contribution is 0.0958. The summed E-state index contributed by atoms with van der Waals surface area (Å²) in [6.07, 6.45) is 2.12. The summed E-state index contributed by atoms with van der Waals surface area (Å²) in [6.45, 7) is 9.36. The predicted octanol–water partition coefficient (Wildman–Crippen LogP) is 2.71. The van der Waals surface area contributed by atoms with E-state index in [-0.39, 0.29) is 5.91 Å². The van der Waals surface area contributed by atoms with E-state index in [1.54, 1.807) is 0 Å². The van der Waals surface area contributed by atoms with Crippen LogP contribution in [0.2, 0.25) is 0 Å². The fourth-order valence-corrected chi connectivity index (χ4v) is 3.37. The van der Waals surface area contributed by atoms with Gasteiger partial charge in [-0.25, -0.2) is 0 Å². The smallest absolute Gasteiger partial charge is 0.263 e. The van der Waals surface area contributed by atoms with Crippen LogP contribution in [-0.4, -0.2) is 25.5 Å². The Balaban J connectivity index is 2.11. The highest BCUT2D eigenvalue weighted by atomic mass is 32.1. The van der Waals surface area contributed by atoms with Gasteiger partial charge in [0, 0.05) is 19.6 Å². The van der Waals surface area contributed by atoms with Crippen LogP contribution < -0.4 is 16.0 Å². The summed E-state index contributed by atoms with van der Waals surface area (Å²) in [6, 6.07) is 1.94. The summed E-state index contributed by atoms with van der Waals surface area (Å²) in [5, 5.41) is 4.00. The van der Waals surface area contributed by atoms with Crippen LogP contribution in [0.4, 0.5) is 10.7 Å². The first-order chi connectivity index (χ1) is 8.93. The van der Waals surface area contributed by atoms with Crippen LogP contribution in [-0.2, 0) is 0 Å². The van der Waals surface area contributed by atoms with Crippen LogP contribution in [0.3, 0.4) is 0 Å². The third-order valence-corrected chi connectivity index (χ3v) is 4.69. The van der Waals surface area contributed by atoms with Crippen LogP contribution in [0.1, 0.15) is 43.3 Å². The summed E-state index contributed by atoms with van der Waals surface area (Å²) < 4.78 is 0. The molecule has 0 unspecified atom stereocenters. The second-order valence-electron chi connectivity index (χ2n) is 5.96. The minimum atomic E-state index is -0.0472. The Morgan fingerprint density at radius 2 is 2.32 bits per heavy atom. The van der Waals surface area contributed by atoms with Gasteiger partial charge in [0.25, 0.3) is 5.91 Å². The minimum absolute atomic E-state index is 0.0472. The molecule has 3 N–H and O–H groups in total. The summed E-state index contributed by atoms with van der Waals surface area (Å²) in [4.78, 5) is 15.0. The normalized spacial score (nSPS) is 17.7. The second kappa shape index (κ2) is 5.41. The standard InChI is InChI=1S/C14H23N3OS/c1-4-6-16-13(18)12-10(15)8-11(19-12)17-7-5-14(2,3)9-17/h8H,4-7,9,15H2,1-3H3,(H,16,18). The third-order valence-electron chi connectivity index (χ3n) is 3.48. The van der Waals surface area contributed by atoms with E-state index < -0.39 is 0 Å². The van der Waals surface area contributed by atoms with Gasteiger partial charge < -0.3 is 16.0 Å². The number of amides is 1. The zero-order valence-electron chi connectivity index (χ0n) is 12.0. The van der Waals surface area contributed by atoms with Gasteiger partial charge in [-0.05, 0) is 24.3 Å². The van der Waals surface area contributed by atoms with Gasteiger partial charge in [-0.2, -0.15) is 0 Å². The molecule has 0 saturated carbocycles. The van der Waals surface area contributed by atoms with Crippen molar-refractivity contribution in [3.8, 4) is 0 Å². The van der Waals surface area contributed by atoms with Crippen molar-refractivity contribution in [1.29, 1.82) is 0 Å². The lowest BCUT2D eigenvalue weighted by atomic mass is 9.93. The molecule has 5 heteroatoms. The summed E-state index contributed by atoms with van der Waals surface area (Å²) in [5.74, 6) is -0.0472. The number of thiophene rings is 1. The first kappa shape index (κ1) is 14.2. The van der Waals surface area contributed by atoms with E-state index in [4.69, 9.17) is 5.73 Å². The molecular formula is C14H23N3OS. The molecule has 1 aromatic heterocycles.